The molecule has 1 heterocycles. The quantitative estimate of drug-likeness (QED) is 0.833. The first-order valence-corrected chi connectivity index (χ1v) is 9.40. The molecule has 2 fully saturated rings. The van der Waals surface area contributed by atoms with Crippen LogP contribution in [0.15, 0.2) is 48.5 Å². The molecule has 1 aliphatic carbocycles. The molecule has 0 bridgehead atoms. The van der Waals surface area contributed by atoms with E-state index in [4.69, 9.17) is 0 Å². The van der Waals surface area contributed by atoms with E-state index >= 15 is 0 Å². The number of carbonyl (C=O) groups is 2. The van der Waals surface area contributed by atoms with Crippen LogP contribution in [0.5, 0.6) is 0 Å². The zero-order chi connectivity index (χ0) is 18.1. The van der Waals surface area contributed by atoms with E-state index in [0.717, 1.165) is 18.5 Å². The minimum atomic E-state index is -0.0953. The van der Waals surface area contributed by atoms with Crippen LogP contribution in [0.25, 0.3) is 0 Å². The third-order valence-corrected chi connectivity index (χ3v) is 5.54. The Kier molecular flexibility index (Phi) is 4.49. The predicted octanol–water partition coefficient (Wildman–Crippen LogP) is 4.40. The summed E-state index contributed by atoms with van der Waals surface area (Å²) in [5.41, 5.74) is 4.55. The minimum absolute atomic E-state index is 0.0953. The third kappa shape index (κ3) is 3.24. The normalized spacial score (nSPS) is 22.9. The van der Waals surface area contributed by atoms with Gasteiger partial charge in [0.05, 0.1) is 5.69 Å². The van der Waals surface area contributed by atoms with Gasteiger partial charge in [0.1, 0.15) is 0 Å². The molecule has 4 heteroatoms. The molecule has 2 aromatic rings. The average molecular weight is 348 g/mol. The lowest BCUT2D eigenvalue weighted by Crippen LogP contribution is -2.40. The van der Waals surface area contributed by atoms with E-state index in [1.165, 1.54) is 16.0 Å². The van der Waals surface area contributed by atoms with Gasteiger partial charge in [0.25, 0.3) is 0 Å². The van der Waals surface area contributed by atoms with Crippen LogP contribution in [0.1, 0.15) is 49.1 Å². The monoisotopic (exact) mass is 348 g/mol. The van der Waals surface area contributed by atoms with E-state index in [0.29, 0.717) is 36.9 Å². The number of hydrogen-bond donors (Lipinski definition) is 1. The van der Waals surface area contributed by atoms with Gasteiger partial charge in [0.2, 0.25) is 11.8 Å². The van der Waals surface area contributed by atoms with Crippen molar-refractivity contribution in [1.82, 2.24) is 0 Å². The number of nitrogens with one attached hydrogen (secondary N) is 1. The van der Waals surface area contributed by atoms with Gasteiger partial charge < -0.3 is 5.32 Å². The molecule has 2 aliphatic rings. The number of hydrogen-bond acceptors (Lipinski definition) is 3. The maximum absolute atomic E-state index is 12.0. The molecule has 0 spiro atoms. The topological polar surface area (TPSA) is 49.4 Å². The van der Waals surface area contributed by atoms with Gasteiger partial charge in [-0.3, -0.25) is 14.5 Å². The molecule has 4 nitrogen and oxygen atoms in total. The van der Waals surface area contributed by atoms with E-state index in [2.05, 4.69) is 36.5 Å². The standard InChI is InChI=1S/C22H24N2O2/c1-15-5-2-3-6-20(15)16-13-18(14-16)23-17-9-11-19(12-10-17)24-21(25)7-4-8-22(24)26/h2-3,5-6,9-12,16,18,23H,4,7-8,13-14H2,1H3. The molecule has 26 heavy (non-hydrogen) atoms. The summed E-state index contributed by atoms with van der Waals surface area (Å²) in [7, 11) is 0. The number of benzene rings is 2. The van der Waals surface area contributed by atoms with Crippen molar-refractivity contribution in [2.45, 2.75) is 51.0 Å². The van der Waals surface area contributed by atoms with Gasteiger partial charge in [-0.1, -0.05) is 24.3 Å². The molecule has 1 N–H and O–H groups in total. The molecule has 2 aromatic carbocycles. The molecule has 134 valence electrons. The highest BCUT2D eigenvalue weighted by Crippen LogP contribution is 2.39. The minimum Gasteiger partial charge on any atom is -0.382 e. The zero-order valence-electron chi connectivity index (χ0n) is 15.1. The van der Waals surface area contributed by atoms with Crippen LogP contribution in [-0.2, 0) is 9.59 Å². The van der Waals surface area contributed by atoms with E-state index in [1.807, 2.05) is 24.3 Å². The number of amides is 2. The summed E-state index contributed by atoms with van der Waals surface area (Å²) >= 11 is 0. The van der Waals surface area contributed by atoms with E-state index in [1.54, 1.807) is 0 Å². The second-order valence-electron chi connectivity index (χ2n) is 7.39. The molecule has 0 atom stereocenters. The lowest BCUT2D eigenvalue weighted by molar-refractivity contribution is -0.129. The molecular formula is C22H24N2O2. The first-order chi connectivity index (χ1) is 12.6. The second kappa shape index (κ2) is 6.94. The van der Waals surface area contributed by atoms with Gasteiger partial charge in [-0.15, -0.1) is 0 Å². The number of piperidine rings is 1. The van der Waals surface area contributed by atoms with Crippen LogP contribution in [0.2, 0.25) is 0 Å². The number of rotatable bonds is 4. The van der Waals surface area contributed by atoms with Gasteiger partial charge in [-0.25, -0.2) is 0 Å². The fourth-order valence-corrected chi connectivity index (χ4v) is 4.02. The van der Waals surface area contributed by atoms with Crippen molar-refractivity contribution in [2.75, 3.05) is 10.2 Å². The molecule has 4 rings (SSSR count). The third-order valence-electron chi connectivity index (χ3n) is 5.54. The van der Waals surface area contributed by atoms with E-state index < -0.39 is 0 Å². The smallest absolute Gasteiger partial charge is 0.233 e. The van der Waals surface area contributed by atoms with Crippen molar-refractivity contribution in [3.05, 3.63) is 59.7 Å². The van der Waals surface area contributed by atoms with Crippen LogP contribution in [0.4, 0.5) is 11.4 Å². The molecule has 1 aliphatic heterocycles. The highest BCUT2D eigenvalue weighted by Gasteiger charge is 2.31. The van der Waals surface area contributed by atoms with Gasteiger partial charge in [0.15, 0.2) is 0 Å². The zero-order valence-corrected chi connectivity index (χ0v) is 15.1. The Morgan fingerprint density at radius 3 is 2.23 bits per heavy atom. The summed E-state index contributed by atoms with van der Waals surface area (Å²) < 4.78 is 0. The Bertz CT molecular complexity index is 806. The number of nitrogens with zero attached hydrogens (tertiary/aromatic N) is 1. The van der Waals surface area contributed by atoms with Crippen molar-refractivity contribution >= 4 is 23.2 Å². The number of carbonyl (C=O) groups excluding carboxylic acids is 2. The van der Waals surface area contributed by atoms with Gasteiger partial charge >= 0.3 is 0 Å². The van der Waals surface area contributed by atoms with Crippen molar-refractivity contribution in [3.63, 3.8) is 0 Å². The molecule has 0 aromatic heterocycles. The lowest BCUT2D eigenvalue weighted by atomic mass is 9.74. The van der Waals surface area contributed by atoms with Crippen molar-refractivity contribution < 1.29 is 9.59 Å². The summed E-state index contributed by atoms with van der Waals surface area (Å²) in [6.07, 6.45) is 3.84. The molecule has 0 unspecified atom stereocenters. The van der Waals surface area contributed by atoms with Crippen LogP contribution >= 0.6 is 0 Å². The van der Waals surface area contributed by atoms with Gasteiger partial charge in [0, 0.05) is 24.6 Å². The highest BCUT2D eigenvalue weighted by molar-refractivity contribution is 6.16. The second-order valence-corrected chi connectivity index (χ2v) is 7.39. The predicted molar refractivity (Wildman–Crippen MR) is 103 cm³/mol. The first kappa shape index (κ1) is 16.8. The summed E-state index contributed by atoms with van der Waals surface area (Å²) in [4.78, 5) is 25.3. The number of anilines is 2. The van der Waals surface area contributed by atoms with Gasteiger partial charge in [-0.2, -0.15) is 0 Å². The van der Waals surface area contributed by atoms with Crippen LogP contribution < -0.4 is 10.2 Å². The van der Waals surface area contributed by atoms with Crippen LogP contribution in [0.3, 0.4) is 0 Å². The Balaban J connectivity index is 1.36. The van der Waals surface area contributed by atoms with Crippen LogP contribution in [0, 0.1) is 6.92 Å². The lowest BCUT2D eigenvalue weighted by Gasteiger charge is -2.37. The molecule has 1 saturated heterocycles. The first-order valence-electron chi connectivity index (χ1n) is 9.40. The molecule has 2 amide bonds. The summed E-state index contributed by atoms with van der Waals surface area (Å²) in [6.45, 7) is 2.18. The van der Waals surface area contributed by atoms with Crippen molar-refractivity contribution in [1.29, 1.82) is 0 Å². The van der Waals surface area contributed by atoms with Crippen molar-refractivity contribution in [2.24, 2.45) is 0 Å². The summed E-state index contributed by atoms with van der Waals surface area (Å²) in [6, 6.07) is 16.7. The fourth-order valence-electron chi connectivity index (χ4n) is 4.02. The Hall–Kier alpha value is -2.62. The Labute approximate surface area is 154 Å². The molecular weight excluding hydrogens is 324 g/mol. The largest absolute Gasteiger partial charge is 0.382 e. The average Bonchev–Trinajstić information content (AvgIpc) is 2.60. The molecule has 1 saturated carbocycles. The fraction of sp³-hybridized carbons (Fsp3) is 0.364. The Morgan fingerprint density at radius 2 is 1.58 bits per heavy atom. The number of imide groups is 1. The van der Waals surface area contributed by atoms with Crippen molar-refractivity contribution in [3.8, 4) is 0 Å². The maximum atomic E-state index is 12.0. The highest BCUT2D eigenvalue weighted by atomic mass is 16.2. The number of aryl methyl sites for hydroxylation is 1. The molecule has 0 radical (unpaired) electrons. The summed E-state index contributed by atoms with van der Waals surface area (Å²) in [5, 5.41) is 3.56. The van der Waals surface area contributed by atoms with E-state index in [9.17, 15) is 9.59 Å². The SMILES string of the molecule is Cc1ccccc1C1CC(Nc2ccc(N3C(=O)CCCC3=O)cc2)C1. The summed E-state index contributed by atoms with van der Waals surface area (Å²) in [5.74, 6) is 0.445. The van der Waals surface area contributed by atoms with Crippen LogP contribution in [-0.4, -0.2) is 17.9 Å². The maximum Gasteiger partial charge on any atom is 0.233 e. The Morgan fingerprint density at radius 1 is 0.923 bits per heavy atom. The van der Waals surface area contributed by atoms with Gasteiger partial charge in [-0.05, 0) is 67.5 Å². The van der Waals surface area contributed by atoms with E-state index in [-0.39, 0.29) is 11.8 Å².